The summed E-state index contributed by atoms with van der Waals surface area (Å²) in [5.41, 5.74) is 1.89. The van der Waals surface area contributed by atoms with Crippen LogP contribution in [0.2, 0.25) is 0 Å². The molecule has 2 aromatic carbocycles. The molecule has 22 heavy (non-hydrogen) atoms. The van der Waals surface area contributed by atoms with Crippen LogP contribution in [0.4, 0.5) is 5.69 Å². The van der Waals surface area contributed by atoms with Crippen LogP contribution in [-0.4, -0.2) is 36.1 Å². The van der Waals surface area contributed by atoms with Crippen molar-refractivity contribution in [3.05, 3.63) is 66.2 Å². The lowest BCUT2D eigenvalue weighted by molar-refractivity contribution is -0.117. The number of benzene rings is 2. The summed E-state index contributed by atoms with van der Waals surface area (Å²) < 4.78 is 0. The number of para-hydroxylation sites is 1. The summed E-state index contributed by atoms with van der Waals surface area (Å²) in [7, 11) is 1.90. The number of rotatable bonds is 7. The van der Waals surface area contributed by atoms with Crippen LogP contribution in [0.3, 0.4) is 0 Å². The lowest BCUT2D eigenvalue weighted by Crippen LogP contribution is -2.33. The van der Waals surface area contributed by atoms with E-state index in [1.54, 1.807) is 0 Å². The first-order chi connectivity index (χ1) is 10.7. The molecule has 0 aliphatic rings. The maximum absolute atomic E-state index is 12.1. The first-order valence-electron chi connectivity index (χ1n) is 7.41. The number of nitrogens with zero attached hydrogens (tertiary/aromatic N) is 1. The monoisotopic (exact) mass is 298 g/mol. The second kappa shape index (κ2) is 8.32. The Hall–Kier alpha value is -2.17. The van der Waals surface area contributed by atoms with Crippen molar-refractivity contribution in [3.63, 3.8) is 0 Å². The Balaban J connectivity index is 1.99. The highest BCUT2D eigenvalue weighted by Crippen LogP contribution is 2.22. The van der Waals surface area contributed by atoms with E-state index >= 15 is 0 Å². The van der Waals surface area contributed by atoms with Gasteiger partial charge in [-0.05, 0) is 31.2 Å². The normalized spacial score (nSPS) is 12.1. The first kappa shape index (κ1) is 16.2. The summed E-state index contributed by atoms with van der Waals surface area (Å²) in [5, 5.41) is 12.2. The van der Waals surface area contributed by atoms with Gasteiger partial charge in [-0.3, -0.25) is 9.69 Å². The summed E-state index contributed by atoms with van der Waals surface area (Å²) in [6.07, 6.45) is 0.596. The molecule has 0 aliphatic carbocycles. The molecule has 0 radical (unpaired) electrons. The molecule has 0 aliphatic heterocycles. The highest BCUT2D eigenvalue weighted by Gasteiger charge is 2.18. The number of hydrogen-bond donors (Lipinski definition) is 2. The van der Waals surface area contributed by atoms with E-state index in [4.69, 9.17) is 0 Å². The number of likely N-dealkylation sites (N-methyl/N-ethyl adjacent to an activating group) is 1. The third-order valence-corrected chi connectivity index (χ3v) is 3.57. The molecule has 1 atom stereocenters. The Morgan fingerprint density at radius 2 is 1.68 bits per heavy atom. The average Bonchev–Trinajstić information content (AvgIpc) is 2.54. The Kier molecular flexibility index (Phi) is 6.13. The van der Waals surface area contributed by atoms with Crippen molar-refractivity contribution >= 4 is 11.6 Å². The van der Waals surface area contributed by atoms with E-state index in [-0.39, 0.29) is 25.1 Å². The van der Waals surface area contributed by atoms with E-state index in [1.165, 1.54) is 0 Å². The first-order valence-corrected chi connectivity index (χ1v) is 7.41. The highest BCUT2D eigenvalue weighted by molar-refractivity contribution is 5.92. The number of aliphatic hydroxyl groups is 1. The van der Waals surface area contributed by atoms with Gasteiger partial charge in [0.05, 0.1) is 6.54 Å². The zero-order valence-corrected chi connectivity index (χ0v) is 12.8. The van der Waals surface area contributed by atoms with Crippen LogP contribution in [0.5, 0.6) is 0 Å². The van der Waals surface area contributed by atoms with Crippen LogP contribution in [-0.2, 0) is 4.79 Å². The minimum Gasteiger partial charge on any atom is -0.396 e. The molecule has 2 N–H and O–H groups in total. The fraction of sp³-hybridized carbons (Fsp3) is 0.278. The van der Waals surface area contributed by atoms with Crippen LogP contribution in [0.1, 0.15) is 18.0 Å². The van der Waals surface area contributed by atoms with Crippen molar-refractivity contribution in [1.82, 2.24) is 4.90 Å². The number of hydrogen-bond acceptors (Lipinski definition) is 3. The summed E-state index contributed by atoms with van der Waals surface area (Å²) >= 11 is 0. The second-order valence-electron chi connectivity index (χ2n) is 5.27. The van der Waals surface area contributed by atoms with Gasteiger partial charge < -0.3 is 10.4 Å². The van der Waals surface area contributed by atoms with E-state index in [9.17, 15) is 9.90 Å². The van der Waals surface area contributed by atoms with Gasteiger partial charge in [0.25, 0.3) is 0 Å². The minimum absolute atomic E-state index is 0.0210. The molecule has 116 valence electrons. The maximum atomic E-state index is 12.1. The molecule has 2 rings (SSSR count). The van der Waals surface area contributed by atoms with E-state index < -0.39 is 0 Å². The number of carbonyl (C=O) groups excluding carboxylic acids is 1. The summed E-state index contributed by atoms with van der Waals surface area (Å²) in [6, 6.07) is 19.4. The SMILES string of the molecule is CN(CC(=O)Nc1ccccc1)[C@H](CCO)c1ccccc1. The predicted octanol–water partition coefficient (Wildman–Crippen LogP) is 2.68. The van der Waals surface area contributed by atoms with Gasteiger partial charge in [0, 0.05) is 18.3 Å². The van der Waals surface area contributed by atoms with Gasteiger partial charge in [0.1, 0.15) is 0 Å². The Morgan fingerprint density at radius 1 is 1.09 bits per heavy atom. The van der Waals surface area contributed by atoms with Gasteiger partial charge >= 0.3 is 0 Å². The van der Waals surface area contributed by atoms with Crippen molar-refractivity contribution in [3.8, 4) is 0 Å². The molecule has 1 amide bonds. The molecule has 0 heterocycles. The Morgan fingerprint density at radius 3 is 2.27 bits per heavy atom. The minimum atomic E-state index is -0.0624. The summed E-state index contributed by atoms with van der Waals surface area (Å²) in [5.74, 6) is -0.0624. The Labute approximate surface area is 131 Å². The topological polar surface area (TPSA) is 52.6 Å². The van der Waals surface area contributed by atoms with Gasteiger partial charge in [0.15, 0.2) is 0 Å². The zero-order chi connectivity index (χ0) is 15.8. The van der Waals surface area contributed by atoms with Crippen molar-refractivity contribution in [2.75, 3.05) is 25.5 Å². The van der Waals surface area contributed by atoms with Crippen LogP contribution in [0.15, 0.2) is 60.7 Å². The average molecular weight is 298 g/mol. The zero-order valence-electron chi connectivity index (χ0n) is 12.8. The van der Waals surface area contributed by atoms with Crippen LogP contribution >= 0.6 is 0 Å². The fourth-order valence-electron chi connectivity index (χ4n) is 2.50. The van der Waals surface area contributed by atoms with E-state index in [0.29, 0.717) is 6.42 Å². The van der Waals surface area contributed by atoms with Crippen molar-refractivity contribution in [1.29, 1.82) is 0 Å². The quantitative estimate of drug-likeness (QED) is 0.826. The van der Waals surface area contributed by atoms with Gasteiger partial charge in [0.2, 0.25) is 5.91 Å². The van der Waals surface area contributed by atoms with Crippen molar-refractivity contribution < 1.29 is 9.90 Å². The molecule has 0 spiro atoms. The third kappa shape index (κ3) is 4.69. The summed E-state index contributed by atoms with van der Waals surface area (Å²) in [6.45, 7) is 0.360. The lowest BCUT2D eigenvalue weighted by atomic mass is 10.0. The molecule has 0 aromatic heterocycles. The standard InChI is InChI=1S/C18H22N2O2/c1-20(14-18(22)19-16-10-6-3-7-11-16)17(12-13-21)15-8-4-2-5-9-15/h2-11,17,21H,12-14H2,1H3,(H,19,22)/t17-/m1/s1. The van der Waals surface area contributed by atoms with Crippen molar-refractivity contribution in [2.45, 2.75) is 12.5 Å². The van der Waals surface area contributed by atoms with Gasteiger partial charge in [-0.1, -0.05) is 48.5 Å². The Bertz CT molecular complexity index is 572. The van der Waals surface area contributed by atoms with Crippen molar-refractivity contribution in [2.24, 2.45) is 0 Å². The lowest BCUT2D eigenvalue weighted by Gasteiger charge is -2.27. The molecule has 0 bridgehead atoms. The van der Waals surface area contributed by atoms with E-state index in [1.807, 2.05) is 72.6 Å². The molecule has 4 nitrogen and oxygen atoms in total. The van der Waals surface area contributed by atoms with Crippen LogP contribution in [0, 0.1) is 0 Å². The predicted molar refractivity (Wildman–Crippen MR) is 88.6 cm³/mol. The molecular weight excluding hydrogens is 276 g/mol. The molecule has 0 unspecified atom stereocenters. The largest absolute Gasteiger partial charge is 0.396 e. The van der Waals surface area contributed by atoms with Crippen LogP contribution in [0.25, 0.3) is 0 Å². The number of anilines is 1. The molecule has 4 heteroatoms. The number of amides is 1. The third-order valence-electron chi connectivity index (χ3n) is 3.57. The highest BCUT2D eigenvalue weighted by atomic mass is 16.3. The number of carbonyl (C=O) groups is 1. The summed E-state index contributed by atoms with van der Waals surface area (Å²) in [4.78, 5) is 14.1. The van der Waals surface area contributed by atoms with E-state index in [0.717, 1.165) is 11.3 Å². The molecule has 0 saturated heterocycles. The molecule has 0 saturated carbocycles. The van der Waals surface area contributed by atoms with Crippen LogP contribution < -0.4 is 5.32 Å². The smallest absolute Gasteiger partial charge is 0.238 e. The van der Waals surface area contributed by atoms with Gasteiger partial charge in [-0.25, -0.2) is 0 Å². The van der Waals surface area contributed by atoms with E-state index in [2.05, 4.69) is 5.32 Å². The maximum Gasteiger partial charge on any atom is 0.238 e. The molecule has 0 fully saturated rings. The molecular formula is C18H22N2O2. The van der Waals surface area contributed by atoms with Gasteiger partial charge in [-0.2, -0.15) is 0 Å². The van der Waals surface area contributed by atoms with Gasteiger partial charge in [-0.15, -0.1) is 0 Å². The fourth-order valence-corrected chi connectivity index (χ4v) is 2.50. The second-order valence-corrected chi connectivity index (χ2v) is 5.27. The number of nitrogens with one attached hydrogen (secondary N) is 1. The molecule has 2 aromatic rings. The number of aliphatic hydroxyl groups excluding tert-OH is 1.